The van der Waals surface area contributed by atoms with Crippen LogP contribution in [0.25, 0.3) is 11.6 Å². The maximum atomic E-state index is 8.97. The van der Waals surface area contributed by atoms with Crippen molar-refractivity contribution in [3.8, 4) is 11.6 Å². The number of hydrogen-bond donors (Lipinski definition) is 1. The highest BCUT2D eigenvalue weighted by Gasteiger charge is 2.26. The third-order valence-electron chi connectivity index (χ3n) is 3.91. The zero-order valence-electron chi connectivity index (χ0n) is 12.1. The van der Waals surface area contributed by atoms with Crippen molar-refractivity contribution in [3.63, 3.8) is 0 Å². The van der Waals surface area contributed by atoms with Gasteiger partial charge in [-0.2, -0.15) is 4.98 Å². The Morgan fingerprint density at radius 2 is 2.14 bits per heavy atom. The van der Waals surface area contributed by atoms with Gasteiger partial charge in [0.2, 0.25) is 11.7 Å². The Morgan fingerprint density at radius 1 is 1.33 bits per heavy atom. The Balaban J connectivity index is 1.62. The number of hydrogen-bond acceptors (Lipinski definition) is 7. The van der Waals surface area contributed by atoms with E-state index < -0.39 is 0 Å². The van der Waals surface area contributed by atoms with Crippen LogP contribution in [0.15, 0.2) is 27.3 Å². The largest absolute Gasteiger partial charge is 0.461 e. The second-order valence-corrected chi connectivity index (χ2v) is 5.21. The molecule has 1 unspecified atom stereocenters. The summed E-state index contributed by atoms with van der Waals surface area (Å²) in [7, 11) is 0. The Bertz CT molecular complexity index is 546. The van der Waals surface area contributed by atoms with Crippen molar-refractivity contribution in [2.75, 3.05) is 39.3 Å². The van der Waals surface area contributed by atoms with Crippen LogP contribution in [-0.2, 0) is 0 Å². The average Bonchev–Trinajstić information content (AvgIpc) is 3.19. The lowest BCUT2D eigenvalue weighted by atomic mass is 10.2. The summed E-state index contributed by atoms with van der Waals surface area (Å²) in [5.74, 6) is 1.71. The van der Waals surface area contributed by atoms with Gasteiger partial charge in [-0.3, -0.25) is 9.80 Å². The van der Waals surface area contributed by atoms with Gasteiger partial charge in [-0.05, 0) is 19.1 Å². The predicted octanol–water partition coefficient (Wildman–Crippen LogP) is 1.00. The summed E-state index contributed by atoms with van der Waals surface area (Å²) >= 11 is 0. The van der Waals surface area contributed by atoms with Crippen LogP contribution in [0.1, 0.15) is 18.9 Å². The third kappa shape index (κ3) is 3.15. The number of aliphatic hydroxyl groups is 1. The molecule has 7 heteroatoms. The Kier molecular flexibility index (Phi) is 4.33. The van der Waals surface area contributed by atoms with Crippen molar-refractivity contribution in [2.24, 2.45) is 0 Å². The van der Waals surface area contributed by atoms with Crippen LogP contribution < -0.4 is 0 Å². The van der Waals surface area contributed by atoms with Gasteiger partial charge < -0.3 is 14.0 Å². The average molecular weight is 292 g/mol. The summed E-state index contributed by atoms with van der Waals surface area (Å²) < 4.78 is 10.6. The highest BCUT2D eigenvalue weighted by atomic mass is 16.5. The highest BCUT2D eigenvalue weighted by Crippen LogP contribution is 2.23. The van der Waals surface area contributed by atoms with Gasteiger partial charge in [0.05, 0.1) is 18.9 Å². The van der Waals surface area contributed by atoms with Crippen LogP contribution in [0.4, 0.5) is 0 Å². The summed E-state index contributed by atoms with van der Waals surface area (Å²) in [4.78, 5) is 8.98. The molecule has 1 N–H and O–H groups in total. The van der Waals surface area contributed by atoms with Crippen LogP contribution >= 0.6 is 0 Å². The van der Waals surface area contributed by atoms with Crippen molar-refractivity contribution in [1.29, 1.82) is 0 Å². The zero-order chi connectivity index (χ0) is 14.7. The Hall–Kier alpha value is -1.70. The summed E-state index contributed by atoms with van der Waals surface area (Å²) in [6, 6.07) is 3.69. The zero-order valence-corrected chi connectivity index (χ0v) is 12.1. The molecule has 114 valence electrons. The van der Waals surface area contributed by atoms with Crippen LogP contribution in [0.2, 0.25) is 0 Å². The molecule has 0 spiro atoms. The summed E-state index contributed by atoms with van der Waals surface area (Å²) in [5.41, 5.74) is 0. The molecule has 1 aliphatic heterocycles. The number of piperazine rings is 1. The van der Waals surface area contributed by atoms with Crippen LogP contribution in [0.3, 0.4) is 0 Å². The standard InChI is InChI=1S/C14H20N4O3/c1-11(18-6-4-17(5-7-18)8-9-19)14-15-13(16-21-14)12-3-2-10-20-12/h2-3,10-11,19H,4-9H2,1H3. The number of furan rings is 1. The molecule has 1 atom stereocenters. The number of aromatic nitrogens is 2. The number of β-amino-alcohol motifs (C(OH)–C–C–N with tert-alkyl or cyclic N) is 1. The second kappa shape index (κ2) is 6.38. The molecule has 0 saturated carbocycles. The normalized spacial score (nSPS) is 19.0. The lowest BCUT2D eigenvalue weighted by molar-refractivity contribution is 0.0776. The quantitative estimate of drug-likeness (QED) is 0.880. The molecule has 7 nitrogen and oxygen atoms in total. The smallest absolute Gasteiger partial charge is 0.244 e. The molecule has 0 aromatic carbocycles. The molecule has 1 aliphatic rings. The first kappa shape index (κ1) is 14.2. The summed E-state index contributed by atoms with van der Waals surface area (Å²) in [5, 5.41) is 12.9. The molecule has 3 rings (SSSR count). The van der Waals surface area contributed by atoms with E-state index in [-0.39, 0.29) is 12.6 Å². The van der Waals surface area contributed by atoms with E-state index in [0.29, 0.717) is 17.5 Å². The SMILES string of the molecule is CC(c1nc(-c2ccco2)no1)N1CCN(CCO)CC1. The Labute approximate surface area is 123 Å². The fraction of sp³-hybridized carbons (Fsp3) is 0.571. The van der Waals surface area contributed by atoms with Gasteiger partial charge in [-0.25, -0.2) is 0 Å². The first-order valence-corrected chi connectivity index (χ1v) is 7.22. The minimum Gasteiger partial charge on any atom is -0.461 e. The van der Waals surface area contributed by atoms with E-state index in [4.69, 9.17) is 14.0 Å². The third-order valence-corrected chi connectivity index (χ3v) is 3.91. The number of nitrogens with zero attached hydrogens (tertiary/aromatic N) is 4. The molecule has 1 fully saturated rings. The monoisotopic (exact) mass is 292 g/mol. The van der Waals surface area contributed by atoms with E-state index in [9.17, 15) is 0 Å². The molecule has 0 bridgehead atoms. The van der Waals surface area contributed by atoms with E-state index in [1.54, 1.807) is 12.3 Å². The van der Waals surface area contributed by atoms with Gasteiger partial charge in [0.25, 0.3) is 0 Å². The van der Waals surface area contributed by atoms with Crippen LogP contribution in [0, 0.1) is 0 Å². The van der Waals surface area contributed by atoms with Gasteiger partial charge >= 0.3 is 0 Å². The summed E-state index contributed by atoms with van der Waals surface area (Å²) in [6.45, 7) is 6.78. The molecule has 1 saturated heterocycles. The predicted molar refractivity (Wildman–Crippen MR) is 75.5 cm³/mol. The lowest BCUT2D eigenvalue weighted by Crippen LogP contribution is -2.47. The summed E-state index contributed by atoms with van der Waals surface area (Å²) in [6.07, 6.45) is 1.59. The molecular weight excluding hydrogens is 272 g/mol. The first-order chi connectivity index (χ1) is 10.3. The van der Waals surface area contributed by atoms with Crippen LogP contribution in [-0.4, -0.2) is 64.4 Å². The van der Waals surface area contributed by atoms with E-state index >= 15 is 0 Å². The van der Waals surface area contributed by atoms with Gasteiger partial charge in [0.1, 0.15) is 0 Å². The number of rotatable bonds is 5. The van der Waals surface area contributed by atoms with Crippen LogP contribution in [0.5, 0.6) is 0 Å². The maximum Gasteiger partial charge on any atom is 0.244 e. The first-order valence-electron chi connectivity index (χ1n) is 7.22. The molecule has 2 aromatic rings. The molecule has 0 amide bonds. The van der Waals surface area contributed by atoms with Crippen molar-refractivity contribution >= 4 is 0 Å². The minimum atomic E-state index is 0.0810. The fourth-order valence-corrected chi connectivity index (χ4v) is 2.58. The minimum absolute atomic E-state index is 0.0810. The maximum absolute atomic E-state index is 8.97. The molecule has 0 aliphatic carbocycles. The van der Waals surface area contributed by atoms with Crippen molar-refractivity contribution in [3.05, 3.63) is 24.3 Å². The van der Waals surface area contributed by atoms with Crippen molar-refractivity contribution in [1.82, 2.24) is 19.9 Å². The fourth-order valence-electron chi connectivity index (χ4n) is 2.58. The number of aliphatic hydroxyl groups excluding tert-OH is 1. The molecule has 3 heterocycles. The second-order valence-electron chi connectivity index (χ2n) is 5.21. The van der Waals surface area contributed by atoms with Gasteiger partial charge in [-0.1, -0.05) is 5.16 Å². The Morgan fingerprint density at radius 3 is 2.81 bits per heavy atom. The molecular formula is C14H20N4O3. The molecule has 21 heavy (non-hydrogen) atoms. The van der Waals surface area contributed by atoms with E-state index in [2.05, 4.69) is 26.9 Å². The van der Waals surface area contributed by atoms with Crippen molar-refractivity contribution < 1.29 is 14.0 Å². The highest BCUT2D eigenvalue weighted by molar-refractivity contribution is 5.44. The van der Waals surface area contributed by atoms with E-state index in [1.165, 1.54) is 0 Å². The topological polar surface area (TPSA) is 78.8 Å². The van der Waals surface area contributed by atoms with E-state index in [1.807, 2.05) is 6.07 Å². The molecule has 0 radical (unpaired) electrons. The lowest BCUT2D eigenvalue weighted by Gasteiger charge is -2.36. The van der Waals surface area contributed by atoms with Gasteiger partial charge in [-0.15, -0.1) is 0 Å². The van der Waals surface area contributed by atoms with Gasteiger partial charge in [0, 0.05) is 32.7 Å². The van der Waals surface area contributed by atoms with E-state index in [0.717, 1.165) is 32.7 Å². The van der Waals surface area contributed by atoms with Crippen molar-refractivity contribution in [2.45, 2.75) is 13.0 Å². The molecule has 2 aromatic heterocycles. The van der Waals surface area contributed by atoms with Gasteiger partial charge in [0.15, 0.2) is 5.76 Å².